The first-order chi connectivity index (χ1) is 7.26. The molecule has 0 fully saturated rings. The fraction of sp³-hybridized carbons (Fsp3) is 0.800. The maximum Gasteiger partial charge on any atom is 0.410 e. The molecule has 0 rings (SSSR count). The zero-order chi connectivity index (χ0) is 12.8. The van der Waals surface area contributed by atoms with Gasteiger partial charge < -0.3 is 14.9 Å². The van der Waals surface area contributed by atoms with E-state index < -0.39 is 24.2 Å². The molecule has 6 heteroatoms. The highest BCUT2D eigenvalue weighted by atomic mass is 16.6. The lowest BCUT2D eigenvalue weighted by Crippen LogP contribution is -2.40. The Balaban J connectivity index is 4.37. The lowest BCUT2D eigenvalue weighted by molar-refractivity contribution is -0.138. The summed E-state index contributed by atoms with van der Waals surface area (Å²) in [4.78, 5) is 23.1. The second kappa shape index (κ2) is 6.32. The van der Waals surface area contributed by atoms with Crippen molar-refractivity contribution >= 4 is 12.1 Å². The number of aliphatic carboxylic acids is 1. The summed E-state index contributed by atoms with van der Waals surface area (Å²) >= 11 is 0. The summed E-state index contributed by atoms with van der Waals surface area (Å²) < 4.78 is 5.04. The van der Waals surface area contributed by atoms with E-state index in [1.807, 2.05) is 0 Å². The fourth-order valence-corrected chi connectivity index (χ4v) is 0.986. The van der Waals surface area contributed by atoms with Crippen LogP contribution in [0.4, 0.5) is 4.79 Å². The number of carboxylic acids is 1. The predicted molar refractivity (Wildman–Crippen MR) is 57.1 cm³/mol. The molecule has 0 aliphatic carbocycles. The standard InChI is InChI=1S/C10H19NO5/c1-10(2,3)16-9(15)11(5-4-6-12)7-8(13)14/h12H,4-7H2,1-3H3,(H,13,14). The molecule has 6 nitrogen and oxygen atoms in total. The van der Waals surface area contributed by atoms with Crippen LogP contribution >= 0.6 is 0 Å². The number of carbonyl (C=O) groups is 2. The zero-order valence-corrected chi connectivity index (χ0v) is 9.89. The van der Waals surface area contributed by atoms with Crippen molar-refractivity contribution in [2.75, 3.05) is 19.7 Å². The Morgan fingerprint density at radius 1 is 1.31 bits per heavy atom. The smallest absolute Gasteiger partial charge is 0.410 e. The Labute approximate surface area is 94.8 Å². The van der Waals surface area contributed by atoms with Crippen LogP contribution in [0.3, 0.4) is 0 Å². The van der Waals surface area contributed by atoms with Crippen LogP contribution in [-0.2, 0) is 9.53 Å². The van der Waals surface area contributed by atoms with Crippen LogP contribution in [-0.4, -0.2) is 52.5 Å². The summed E-state index contributed by atoms with van der Waals surface area (Å²) in [6, 6.07) is 0. The molecule has 0 aromatic carbocycles. The van der Waals surface area contributed by atoms with Crippen molar-refractivity contribution < 1.29 is 24.5 Å². The first-order valence-electron chi connectivity index (χ1n) is 5.07. The van der Waals surface area contributed by atoms with Crippen LogP contribution in [0.1, 0.15) is 27.2 Å². The van der Waals surface area contributed by atoms with Crippen molar-refractivity contribution in [3.63, 3.8) is 0 Å². The van der Waals surface area contributed by atoms with Gasteiger partial charge in [-0.3, -0.25) is 9.69 Å². The Hall–Kier alpha value is -1.30. The van der Waals surface area contributed by atoms with Gasteiger partial charge in [-0.15, -0.1) is 0 Å². The normalized spacial score (nSPS) is 11.0. The average molecular weight is 233 g/mol. The molecule has 0 unspecified atom stereocenters. The number of aliphatic hydroxyl groups is 1. The monoisotopic (exact) mass is 233 g/mol. The molecule has 0 atom stereocenters. The van der Waals surface area contributed by atoms with Gasteiger partial charge in [-0.1, -0.05) is 0 Å². The molecule has 0 heterocycles. The maximum atomic E-state index is 11.6. The summed E-state index contributed by atoms with van der Waals surface area (Å²) in [5.41, 5.74) is -0.660. The van der Waals surface area contributed by atoms with Crippen LogP contribution in [0.15, 0.2) is 0 Å². The third-order valence-electron chi connectivity index (χ3n) is 1.56. The maximum absolute atomic E-state index is 11.6. The molecule has 0 aliphatic heterocycles. The second-order valence-electron chi connectivity index (χ2n) is 4.37. The van der Waals surface area contributed by atoms with E-state index in [9.17, 15) is 9.59 Å². The molecule has 1 amide bonds. The van der Waals surface area contributed by atoms with Crippen molar-refractivity contribution in [3.05, 3.63) is 0 Å². The second-order valence-corrected chi connectivity index (χ2v) is 4.37. The van der Waals surface area contributed by atoms with Crippen molar-refractivity contribution in [3.8, 4) is 0 Å². The fourth-order valence-electron chi connectivity index (χ4n) is 0.986. The number of carboxylic acid groups (broad SMARTS) is 1. The lowest BCUT2D eigenvalue weighted by Gasteiger charge is -2.26. The molecule has 0 bridgehead atoms. The molecule has 16 heavy (non-hydrogen) atoms. The quantitative estimate of drug-likeness (QED) is 0.729. The number of hydrogen-bond acceptors (Lipinski definition) is 4. The molecule has 0 radical (unpaired) electrons. The summed E-state index contributed by atoms with van der Waals surface area (Å²) in [7, 11) is 0. The van der Waals surface area contributed by atoms with Gasteiger partial charge in [0.15, 0.2) is 0 Å². The third kappa shape index (κ3) is 7.05. The van der Waals surface area contributed by atoms with E-state index in [2.05, 4.69) is 0 Å². The number of aliphatic hydroxyl groups excluding tert-OH is 1. The van der Waals surface area contributed by atoms with Gasteiger partial charge in [0.05, 0.1) is 0 Å². The van der Waals surface area contributed by atoms with Gasteiger partial charge in [-0.2, -0.15) is 0 Å². The number of nitrogens with zero attached hydrogens (tertiary/aromatic N) is 1. The molecule has 94 valence electrons. The van der Waals surface area contributed by atoms with Crippen LogP contribution in [0, 0.1) is 0 Å². The van der Waals surface area contributed by atoms with E-state index >= 15 is 0 Å². The summed E-state index contributed by atoms with van der Waals surface area (Å²) in [5, 5.41) is 17.3. The molecular weight excluding hydrogens is 214 g/mol. The van der Waals surface area contributed by atoms with Crippen LogP contribution in [0.25, 0.3) is 0 Å². The van der Waals surface area contributed by atoms with Gasteiger partial charge >= 0.3 is 12.1 Å². The highest BCUT2D eigenvalue weighted by Crippen LogP contribution is 2.10. The lowest BCUT2D eigenvalue weighted by atomic mass is 10.2. The Morgan fingerprint density at radius 3 is 2.25 bits per heavy atom. The topological polar surface area (TPSA) is 87.1 Å². The summed E-state index contributed by atoms with van der Waals surface area (Å²) in [5.74, 6) is -1.11. The number of hydrogen-bond donors (Lipinski definition) is 2. The first-order valence-corrected chi connectivity index (χ1v) is 5.07. The Kier molecular flexibility index (Phi) is 5.81. The van der Waals surface area contributed by atoms with Gasteiger partial charge in [0.1, 0.15) is 12.1 Å². The number of ether oxygens (including phenoxy) is 1. The molecule has 0 aromatic heterocycles. The first kappa shape index (κ1) is 14.7. The van der Waals surface area contributed by atoms with E-state index in [1.165, 1.54) is 0 Å². The van der Waals surface area contributed by atoms with Crippen LogP contribution < -0.4 is 0 Å². The van der Waals surface area contributed by atoms with Gasteiger partial charge in [0.2, 0.25) is 0 Å². The SMILES string of the molecule is CC(C)(C)OC(=O)N(CCCO)CC(=O)O. The minimum atomic E-state index is -1.11. The Bertz CT molecular complexity index is 246. The van der Waals surface area contributed by atoms with Crippen molar-refractivity contribution in [2.24, 2.45) is 0 Å². The van der Waals surface area contributed by atoms with Gasteiger partial charge in [0, 0.05) is 13.2 Å². The molecule has 0 aliphatic rings. The minimum Gasteiger partial charge on any atom is -0.480 e. The molecule has 0 saturated carbocycles. The minimum absolute atomic E-state index is 0.0983. The van der Waals surface area contributed by atoms with Crippen LogP contribution in [0.5, 0.6) is 0 Å². The third-order valence-corrected chi connectivity index (χ3v) is 1.56. The van der Waals surface area contributed by atoms with Crippen molar-refractivity contribution in [1.29, 1.82) is 0 Å². The summed E-state index contributed by atoms with van der Waals surface area (Å²) in [6.45, 7) is 4.76. The predicted octanol–water partition coefficient (Wildman–Crippen LogP) is 0.690. The van der Waals surface area contributed by atoms with Crippen LogP contribution in [0.2, 0.25) is 0 Å². The van der Waals surface area contributed by atoms with E-state index in [4.69, 9.17) is 14.9 Å². The number of amides is 1. The van der Waals surface area contributed by atoms with E-state index in [1.54, 1.807) is 20.8 Å². The van der Waals surface area contributed by atoms with E-state index in [-0.39, 0.29) is 13.2 Å². The number of carbonyl (C=O) groups excluding carboxylic acids is 1. The number of rotatable bonds is 5. The molecule has 0 spiro atoms. The highest BCUT2D eigenvalue weighted by Gasteiger charge is 2.23. The summed E-state index contributed by atoms with van der Waals surface area (Å²) in [6.07, 6.45) is -0.352. The van der Waals surface area contributed by atoms with Gasteiger partial charge in [-0.25, -0.2) is 4.79 Å². The average Bonchev–Trinajstić information content (AvgIpc) is 2.08. The highest BCUT2D eigenvalue weighted by molar-refractivity contribution is 5.76. The van der Waals surface area contributed by atoms with Gasteiger partial charge in [-0.05, 0) is 27.2 Å². The van der Waals surface area contributed by atoms with E-state index in [0.29, 0.717) is 6.42 Å². The molecule has 0 saturated heterocycles. The molecular formula is C10H19NO5. The van der Waals surface area contributed by atoms with E-state index in [0.717, 1.165) is 4.90 Å². The molecule has 2 N–H and O–H groups in total. The Morgan fingerprint density at radius 2 is 1.88 bits per heavy atom. The molecule has 0 aromatic rings. The van der Waals surface area contributed by atoms with Gasteiger partial charge in [0.25, 0.3) is 0 Å². The van der Waals surface area contributed by atoms with Crippen molar-refractivity contribution in [1.82, 2.24) is 4.90 Å². The largest absolute Gasteiger partial charge is 0.480 e. The zero-order valence-electron chi connectivity index (χ0n) is 9.89. The van der Waals surface area contributed by atoms with Crippen molar-refractivity contribution in [2.45, 2.75) is 32.8 Å².